The molecular formula is C14H20N2O5. The molecule has 21 heavy (non-hydrogen) atoms. The van der Waals surface area contributed by atoms with Crippen molar-refractivity contribution >= 4 is 17.8 Å². The zero-order valence-corrected chi connectivity index (χ0v) is 11.8. The lowest BCUT2D eigenvalue weighted by Crippen LogP contribution is -2.27. The molecule has 1 aromatic rings. The first-order valence-corrected chi connectivity index (χ1v) is 6.90. The Balaban J connectivity index is 1.98. The van der Waals surface area contributed by atoms with Gasteiger partial charge in [0.1, 0.15) is 0 Å². The molecule has 0 radical (unpaired) electrons. The van der Waals surface area contributed by atoms with Crippen LogP contribution in [0.3, 0.4) is 0 Å². The molecule has 7 nitrogen and oxygen atoms in total. The van der Waals surface area contributed by atoms with Crippen LogP contribution in [0, 0.1) is 0 Å². The van der Waals surface area contributed by atoms with Crippen LogP contribution in [-0.4, -0.2) is 36.0 Å². The van der Waals surface area contributed by atoms with Crippen LogP contribution < -0.4 is 10.6 Å². The molecule has 0 spiro atoms. The van der Waals surface area contributed by atoms with Gasteiger partial charge in [-0.05, 0) is 31.4 Å². The number of nitrogens with one attached hydrogen (secondary N) is 2. The molecule has 7 heteroatoms. The van der Waals surface area contributed by atoms with Gasteiger partial charge in [0.2, 0.25) is 5.91 Å². The Morgan fingerprint density at radius 2 is 1.81 bits per heavy atom. The summed E-state index contributed by atoms with van der Waals surface area (Å²) >= 11 is 0. The predicted octanol–water partition coefficient (Wildman–Crippen LogP) is 1.16. The van der Waals surface area contributed by atoms with Crippen molar-refractivity contribution in [2.45, 2.75) is 32.1 Å². The number of carboxylic acid groups (broad SMARTS) is 1. The fourth-order valence-corrected chi connectivity index (χ4v) is 1.66. The van der Waals surface area contributed by atoms with Crippen molar-refractivity contribution in [1.29, 1.82) is 0 Å². The third kappa shape index (κ3) is 7.76. The van der Waals surface area contributed by atoms with Gasteiger partial charge in [0.25, 0.3) is 5.91 Å². The van der Waals surface area contributed by atoms with Gasteiger partial charge in [-0.1, -0.05) is 0 Å². The molecule has 1 heterocycles. The van der Waals surface area contributed by atoms with Gasteiger partial charge < -0.3 is 20.2 Å². The molecular weight excluding hydrogens is 276 g/mol. The normalized spacial score (nSPS) is 10.1. The Morgan fingerprint density at radius 1 is 1.05 bits per heavy atom. The van der Waals surface area contributed by atoms with Gasteiger partial charge in [-0.15, -0.1) is 0 Å². The van der Waals surface area contributed by atoms with Crippen molar-refractivity contribution in [1.82, 2.24) is 10.6 Å². The molecule has 0 fully saturated rings. The van der Waals surface area contributed by atoms with Crippen molar-refractivity contribution < 1.29 is 23.9 Å². The summed E-state index contributed by atoms with van der Waals surface area (Å²) in [5.41, 5.74) is 0. The van der Waals surface area contributed by atoms with Crippen molar-refractivity contribution in [2.24, 2.45) is 0 Å². The van der Waals surface area contributed by atoms with Crippen LogP contribution in [-0.2, 0) is 9.59 Å². The van der Waals surface area contributed by atoms with E-state index in [1.165, 1.54) is 6.26 Å². The summed E-state index contributed by atoms with van der Waals surface area (Å²) in [5, 5.41) is 13.8. The Hall–Kier alpha value is -2.31. The zero-order chi connectivity index (χ0) is 15.5. The van der Waals surface area contributed by atoms with E-state index in [-0.39, 0.29) is 24.0 Å². The second-order valence-corrected chi connectivity index (χ2v) is 4.54. The average molecular weight is 296 g/mol. The molecule has 116 valence electrons. The first-order valence-electron chi connectivity index (χ1n) is 6.90. The summed E-state index contributed by atoms with van der Waals surface area (Å²) in [6.07, 6.45) is 3.59. The molecule has 0 aromatic carbocycles. The molecule has 1 rings (SSSR count). The monoisotopic (exact) mass is 296 g/mol. The number of hydrogen-bond acceptors (Lipinski definition) is 4. The highest BCUT2D eigenvalue weighted by atomic mass is 16.4. The first-order chi connectivity index (χ1) is 10.1. The predicted molar refractivity (Wildman–Crippen MR) is 74.8 cm³/mol. The highest BCUT2D eigenvalue weighted by molar-refractivity contribution is 5.91. The van der Waals surface area contributed by atoms with Crippen molar-refractivity contribution in [3.05, 3.63) is 24.2 Å². The lowest BCUT2D eigenvalue weighted by atomic mass is 10.2. The third-order valence-corrected chi connectivity index (χ3v) is 2.75. The fourth-order valence-electron chi connectivity index (χ4n) is 1.66. The summed E-state index contributed by atoms with van der Waals surface area (Å²) in [5.74, 6) is -0.974. The number of amides is 2. The van der Waals surface area contributed by atoms with Crippen LogP contribution in [0.4, 0.5) is 0 Å². The largest absolute Gasteiger partial charge is 0.481 e. The molecule has 0 bridgehead atoms. The molecule has 0 unspecified atom stereocenters. The Labute approximate surface area is 122 Å². The lowest BCUT2D eigenvalue weighted by Gasteiger charge is -2.05. The van der Waals surface area contributed by atoms with Crippen LogP contribution >= 0.6 is 0 Å². The quantitative estimate of drug-likeness (QED) is 0.561. The van der Waals surface area contributed by atoms with Gasteiger partial charge in [0.15, 0.2) is 5.76 Å². The van der Waals surface area contributed by atoms with E-state index in [0.29, 0.717) is 38.8 Å². The van der Waals surface area contributed by atoms with E-state index < -0.39 is 5.97 Å². The number of carbonyl (C=O) groups excluding carboxylic acids is 2. The van der Waals surface area contributed by atoms with E-state index in [4.69, 9.17) is 9.52 Å². The molecule has 3 N–H and O–H groups in total. The SMILES string of the molecule is O=C(O)CCCCNC(=O)CCCNC(=O)c1ccco1. The second-order valence-electron chi connectivity index (χ2n) is 4.54. The first kappa shape index (κ1) is 16.7. The van der Waals surface area contributed by atoms with E-state index in [0.717, 1.165) is 0 Å². The molecule has 1 aromatic heterocycles. The third-order valence-electron chi connectivity index (χ3n) is 2.75. The highest BCUT2D eigenvalue weighted by Gasteiger charge is 2.07. The van der Waals surface area contributed by atoms with Gasteiger partial charge in [-0.2, -0.15) is 0 Å². The summed E-state index contributed by atoms with van der Waals surface area (Å²) in [7, 11) is 0. The lowest BCUT2D eigenvalue weighted by molar-refractivity contribution is -0.137. The van der Waals surface area contributed by atoms with Gasteiger partial charge in [0.05, 0.1) is 6.26 Å². The van der Waals surface area contributed by atoms with Crippen molar-refractivity contribution in [2.75, 3.05) is 13.1 Å². The molecule has 0 aliphatic carbocycles. The summed E-state index contributed by atoms with van der Waals surface area (Å²) in [6, 6.07) is 3.20. The molecule has 0 aliphatic rings. The van der Waals surface area contributed by atoms with Crippen LogP contribution in [0.5, 0.6) is 0 Å². The van der Waals surface area contributed by atoms with Crippen molar-refractivity contribution in [3.8, 4) is 0 Å². The summed E-state index contributed by atoms with van der Waals surface area (Å²) < 4.78 is 4.93. The second kappa shape index (κ2) is 9.57. The fraction of sp³-hybridized carbons (Fsp3) is 0.500. The Morgan fingerprint density at radius 3 is 2.48 bits per heavy atom. The summed E-state index contributed by atoms with van der Waals surface area (Å²) in [6.45, 7) is 0.872. The minimum atomic E-state index is -0.825. The van der Waals surface area contributed by atoms with Gasteiger partial charge in [0, 0.05) is 25.9 Å². The van der Waals surface area contributed by atoms with Crippen LogP contribution in [0.15, 0.2) is 22.8 Å². The number of unbranched alkanes of at least 4 members (excludes halogenated alkanes) is 1. The van der Waals surface area contributed by atoms with Crippen LogP contribution in [0.1, 0.15) is 42.7 Å². The molecule has 0 saturated heterocycles. The highest BCUT2D eigenvalue weighted by Crippen LogP contribution is 1.99. The zero-order valence-electron chi connectivity index (χ0n) is 11.8. The van der Waals surface area contributed by atoms with Crippen molar-refractivity contribution in [3.63, 3.8) is 0 Å². The van der Waals surface area contributed by atoms with E-state index in [2.05, 4.69) is 10.6 Å². The van der Waals surface area contributed by atoms with Crippen LogP contribution in [0.25, 0.3) is 0 Å². The maximum Gasteiger partial charge on any atom is 0.303 e. The average Bonchev–Trinajstić information content (AvgIpc) is 2.97. The number of carboxylic acids is 1. The van der Waals surface area contributed by atoms with Gasteiger partial charge >= 0.3 is 5.97 Å². The number of furan rings is 1. The Bertz CT molecular complexity index is 456. The minimum Gasteiger partial charge on any atom is -0.481 e. The summed E-state index contributed by atoms with van der Waals surface area (Å²) in [4.78, 5) is 33.2. The number of hydrogen-bond donors (Lipinski definition) is 3. The maximum absolute atomic E-state index is 11.5. The van der Waals surface area contributed by atoms with Gasteiger partial charge in [-0.3, -0.25) is 14.4 Å². The van der Waals surface area contributed by atoms with E-state index in [1.807, 2.05) is 0 Å². The maximum atomic E-state index is 11.5. The number of rotatable bonds is 10. The van der Waals surface area contributed by atoms with E-state index in [9.17, 15) is 14.4 Å². The molecule has 0 atom stereocenters. The minimum absolute atomic E-state index is 0.0995. The molecule has 2 amide bonds. The van der Waals surface area contributed by atoms with E-state index in [1.54, 1.807) is 12.1 Å². The molecule has 0 aliphatic heterocycles. The number of carbonyl (C=O) groups is 3. The number of aliphatic carboxylic acids is 1. The van der Waals surface area contributed by atoms with Gasteiger partial charge in [-0.25, -0.2) is 0 Å². The molecule has 0 saturated carbocycles. The van der Waals surface area contributed by atoms with E-state index >= 15 is 0 Å². The smallest absolute Gasteiger partial charge is 0.303 e. The van der Waals surface area contributed by atoms with Crippen LogP contribution in [0.2, 0.25) is 0 Å². The standard InChI is InChI=1S/C14H20N2O5/c17-12(15-8-2-1-7-13(18)19)6-3-9-16-14(20)11-5-4-10-21-11/h4-5,10H,1-3,6-9H2,(H,15,17)(H,16,20)(H,18,19). The Kier molecular flexibility index (Phi) is 7.63. The topological polar surface area (TPSA) is 109 Å².